The number of aliphatic carboxylic acids is 1. The quantitative estimate of drug-likeness (QED) is 0.0234. The van der Waals surface area contributed by atoms with Crippen LogP contribution in [0.3, 0.4) is 0 Å². The predicted molar refractivity (Wildman–Crippen MR) is 419 cm³/mol. The van der Waals surface area contributed by atoms with Crippen molar-refractivity contribution in [3.05, 3.63) is 149 Å². The number of pyridine rings is 3. The third kappa shape index (κ3) is 19.9. The van der Waals surface area contributed by atoms with Crippen LogP contribution in [0.25, 0.3) is 32.3 Å². The van der Waals surface area contributed by atoms with E-state index in [9.17, 15) is 59.1 Å². The zero-order chi connectivity index (χ0) is 82.5. The lowest BCUT2D eigenvalue weighted by Gasteiger charge is -2.29. The number of sulfone groups is 1. The number of halogens is 4. The van der Waals surface area contributed by atoms with Crippen molar-refractivity contribution < 1.29 is 97.5 Å². The number of carbonyl (C=O) groups is 6. The van der Waals surface area contributed by atoms with Gasteiger partial charge in [-0.2, -0.15) is 0 Å². The number of aromatic nitrogens is 3. The number of hydrogen-bond donors (Lipinski definition) is 6. The van der Waals surface area contributed by atoms with Crippen molar-refractivity contribution in [2.75, 3.05) is 34.4 Å². The summed E-state index contributed by atoms with van der Waals surface area (Å²) >= 11 is 24.2. The summed E-state index contributed by atoms with van der Waals surface area (Å²) in [5, 5.41) is 24.0. The Balaban J connectivity index is 0.000000181. The number of fused-ring (bicyclic) bond motifs is 3. The van der Waals surface area contributed by atoms with E-state index in [1.165, 1.54) is 53.6 Å². The molecule has 0 spiro atoms. The van der Waals surface area contributed by atoms with Crippen LogP contribution in [-0.2, 0) is 58.5 Å². The van der Waals surface area contributed by atoms with Gasteiger partial charge in [-0.15, -0.1) is 13.2 Å². The van der Waals surface area contributed by atoms with E-state index in [2.05, 4.69) is 44.0 Å². The van der Waals surface area contributed by atoms with Crippen molar-refractivity contribution in [1.29, 1.82) is 0 Å². The molecule has 7 aromatic rings. The molecule has 5 amide bonds. The molecule has 4 aromatic carbocycles. The lowest BCUT2D eigenvalue weighted by atomic mass is 10.1. The normalized spacial score (nSPS) is 21.7. The SMILES string of the molecule is C=C[C@@H]1C[C@@]1(C(=O)NS(=O)(=O)C1CC1)S(=O)(=O)c1ccc(C)cc1.C=C[C@@H]1C[C@]1(NC(=O)[C@@H]1C[C@@H](Oc2ncc(OC)c3ccc(Cl)cc23)CN1C(=O)OC(C)(C)C)C(=O)NS(=O)(=O)C1CC1.COc1cnc(Cl)c2cc(Cl)ccc12.COc1cnc(O[C@@H]2C[C@@H](C(=O)O)N(C(=O)OC(C)(C)C)C2)c2cc(Cl)ccc12.NO. The van der Waals surface area contributed by atoms with E-state index in [4.69, 9.17) is 84.8 Å². The Bertz CT molecular complexity index is 5150. The molecular weight excluding hydrogens is 1600 g/mol. The van der Waals surface area contributed by atoms with E-state index in [0.29, 0.717) is 85.2 Å². The zero-order valence-corrected chi connectivity index (χ0v) is 68.2. The molecular formula is C75H87Cl4N9O21S3. The summed E-state index contributed by atoms with van der Waals surface area (Å²) in [6.45, 7) is 19.5. The van der Waals surface area contributed by atoms with Crippen LogP contribution in [0.4, 0.5) is 9.59 Å². The van der Waals surface area contributed by atoms with Crippen LogP contribution in [0.5, 0.6) is 29.0 Å². The number of nitrogens with two attached hydrogens (primary N) is 1. The third-order valence-corrected chi connectivity index (χ3v) is 25.9. The molecule has 37 heteroatoms. The van der Waals surface area contributed by atoms with Crippen LogP contribution in [-0.4, -0.2) is 187 Å². The summed E-state index contributed by atoms with van der Waals surface area (Å²) in [6, 6.07) is 19.9. The molecule has 7 N–H and O–H groups in total. The molecule has 6 fully saturated rings. The molecule has 4 saturated carbocycles. The molecule has 5 heterocycles. The van der Waals surface area contributed by atoms with Crippen molar-refractivity contribution in [2.45, 2.75) is 161 Å². The van der Waals surface area contributed by atoms with Gasteiger partial charge in [0.05, 0.1) is 68.4 Å². The molecule has 3 aromatic heterocycles. The van der Waals surface area contributed by atoms with Gasteiger partial charge in [0.25, 0.3) is 11.8 Å². The number of allylic oxidation sites excluding steroid dienone is 1. The summed E-state index contributed by atoms with van der Waals surface area (Å²) in [7, 11) is -7.02. The number of likely N-dealkylation sites (tertiary alicyclic amines) is 2. The maximum Gasteiger partial charge on any atom is 0.411 e. The first-order valence-electron chi connectivity index (χ1n) is 35.0. The summed E-state index contributed by atoms with van der Waals surface area (Å²) < 4.78 is 116. The zero-order valence-electron chi connectivity index (χ0n) is 62.7. The van der Waals surface area contributed by atoms with Gasteiger partial charge in [0.2, 0.25) is 37.7 Å². The highest BCUT2D eigenvalue weighted by atomic mass is 35.5. The summed E-state index contributed by atoms with van der Waals surface area (Å²) in [6.07, 6.45) is 7.19. The monoisotopic (exact) mass is 1690 g/mol. The molecule has 0 unspecified atom stereocenters. The molecule has 8 atom stereocenters. The predicted octanol–water partition coefficient (Wildman–Crippen LogP) is 11.3. The van der Waals surface area contributed by atoms with Gasteiger partial charge in [-0.3, -0.25) is 33.6 Å². The number of carbonyl (C=O) groups excluding carboxylic acids is 5. The maximum atomic E-state index is 13.8. The second kappa shape index (κ2) is 34.7. The summed E-state index contributed by atoms with van der Waals surface area (Å²) in [4.78, 5) is 92.1. The summed E-state index contributed by atoms with van der Waals surface area (Å²) in [5.74, 6) is 1.19. The van der Waals surface area contributed by atoms with Gasteiger partial charge in [0, 0.05) is 72.1 Å². The van der Waals surface area contributed by atoms with E-state index in [0.717, 1.165) is 21.7 Å². The van der Waals surface area contributed by atoms with Crippen LogP contribution in [0, 0.1) is 18.8 Å². The number of rotatable bonds is 20. The van der Waals surface area contributed by atoms with Crippen molar-refractivity contribution in [2.24, 2.45) is 17.7 Å². The van der Waals surface area contributed by atoms with Crippen molar-refractivity contribution in [1.82, 2.24) is 39.5 Å². The molecule has 2 aliphatic heterocycles. The lowest BCUT2D eigenvalue weighted by molar-refractivity contribution is -0.142. The van der Waals surface area contributed by atoms with Gasteiger partial charge in [0.15, 0.2) is 14.6 Å². The average Bonchev–Trinajstić information content (AvgIpc) is 1.53. The van der Waals surface area contributed by atoms with Crippen LogP contribution in [0.2, 0.25) is 20.2 Å². The number of nitrogens with one attached hydrogen (secondary N) is 3. The molecule has 6 aliphatic rings. The first kappa shape index (κ1) is 86.9. The number of amides is 5. The molecule has 0 bridgehead atoms. The molecule has 13 rings (SSSR count). The molecule has 30 nitrogen and oxygen atoms in total. The molecule has 0 radical (unpaired) electrons. The highest BCUT2D eigenvalue weighted by Crippen LogP contribution is 2.54. The highest BCUT2D eigenvalue weighted by Gasteiger charge is 2.69. The highest BCUT2D eigenvalue weighted by molar-refractivity contribution is 7.94. The van der Waals surface area contributed by atoms with Crippen LogP contribution >= 0.6 is 46.4 Å². The van der Waals surface area contributed by atoms with Gasteiger partial charge in [-0.05, 0) is 154 Å². The minimum absolute atomic E-state index is 0.0106. The first-order chi connectivity index (χ1) is 52.6. The number of sulfonamides is 2. The number of carboxylic acids is 1. The number of nitrogens with zero attached hydrogens (tertiary/aromatic N) is 5. The topological polar surface area (TPSA) is 417 Å². The second-order valence-electron chi connectivity index (χ2n) is 29.1. The fourth-order valence-electron chi connectivity index (χ4n) is 12.6. The Morgan fingerprint density at radius 3 is 1.36 bits per heavy atom. The van der Waals surface area contributed by atoms with Gasteiger partial charge >= 0.3 is 18.2 Å². The van der Waals surface area contributed by atoms with Crippen molar-refractivity contribution in [3.8, 4) is 29.0 Å². The van der Waals surface area contributed by atoms with E-state index in [1.54, 1.807) is 123 Å². The number of aryl methyl sites for hydroxylation is 1. The Kier molecular flexibility index (Phi) is 27.0. The number of hydrogen-bond acceptors (Lipinski definition) is 24. The molecule has 112 heavy (non-hydrogen) atoms. The van der Waals surface area contributed by atoms with Crippen molar-refractivity contribution >= 4 is 144 Å². The maximum absolute atomic E-state index is 13.8. The van der Waals surface area contributed by atoms with Crippen LogP contribution < -0.4 is 44.3 Å². The minimum atomic E-state index is -4.03. The van der Waals surface area contributed by atoms with Crippen LogP contribution in [0.15, 0.2) is 128 Å². The first-order valence-corrected chi connectivity index (χ1v) is 41.1. The summed E-state index contributed by atoms with van der Waals surface area (Å²) in [5.41, 5.74) is -2.18. The second-order valence-corrected chi connectivity index (χ2v) is 36.9. The number of methoxy groups -OCH3 is 3. The standard InChI is InChI=1S/C29H35ClN4O8S.C20H23ClN2O6.C16H19NO5S2.C10H7Cl2NO.H3NO/c1-6-16-13-29(16,26(36)33-43(38,39)19-8-9-19)32-24(35)22-12-18(15-34(22)27(37)42-28(2,3)4)41-25-21-11-17(30)7-10-20(21)23(40-5)14-31-25;1-20(2,3)29-19(26)23-10-12(8-15(23)18(24)25)28-17-14-7-11(21)5-6-13(14)16(27-4)9-22-17;1-3-12-10-16(12,15(18)17-24(21,22)14-8-9-14)23(19,20)13-6-4-11(2)5-7-13;1-14-9-5-13-10(12)8-4-6(11)2-3-7(8)9;1-2/h6-7,10-11,14,16,18-19,22H,1,8-9,12-13,15H2,2-5H3,(H,32,35)(H,33,36);5-7,9,12,15H,8,10H2,1-4H3,(H,24,25);3-7,12,14H,1,8-10H2,2H3,(H,17,18);2-5H,1H3;2H,1H2/t16-,18-,22+,29-;12-,15+;12-,16-;;/m111../s1. The third-order valence-electron chi connectivity index (χ3n) is 18.8. The number of ether oxygens (including phenoxy) is 7. The minimum Gasteiger partial charge on any atom is -0.494 e. The Labute approximate surface area is 667 Å². The average molecular weight is 1690 g/mol. The number of carboxylic acid groups (broad SMARTS) is 1. The molecule has 2 saturated heterocycles. The van der Waals surface area contributed by atoms with E-state index >= 15 is 0 Å². The van der Waals surface area contributed by atoms with Gasteiger partial charge in [0.1, 0.15) is 63.4 Å². The van der Waals surface area contributed by atoms with E-state index in [-0.39, 0.29) is 49.5 Å². The Morgan fingerprint density at radius 1 is 0.562 bits per heavy atom. The van der Waals surface area contributed by atoms with E-state index in [1.807, 2.05) is 17.7 Å². The van der Waals surface area contributed by atoms with Gasteiger partial charge in [-0.1, -0.05) is 76.3 Å². The Morgan fingerprint density at radius 2 is 0.964 bits per heavy atom. The fourth-order valence-corrected chi connectivity index (χ4v) is 18.2. The lowest BCUT2D eigenvalue weighted by Crippen LogP contribution is -2.56. The number of benzene rings is 4. The Hall–Kier alpha value is -9.06. The van der Waals surface area contributed by atoms with Gasteiger partial charge < -0.3 is 48.8 Å². The molecule has 4 aliphatic carbocycles. The van der Waals surface area contributed by atoms with Gasteiger partial charge in [-0.25, -0.2) is 60.5 Å². The molecule has 604 valence electrons. The van der Waals surface area contributed by atoms with Crippen molar-refractivity contribution in [3.63, 3.8) is 0 Å². The fraction of sp³-hybridized carbons (Fsp3) is 0.427. The van der Waals surface area contributed by atoms with E-state index < -0.39 is 134 Å². The largest absolute Gasteiger partial charge is 0.494 e. The van der Waals surface area contributed by atoms with Crippen LogP contribution in [0.1, 0.15) is 98.5 Å². The smallest absolute Gasteiger partial charge is 0.411 e.